The smallest absolute Gasteiger partial charge is 0.323 e. The van der Waals surface area contributed by atoms with Gasteiger partial charge in [-0.2, -0.15) is 0 Å². The fourth-order valence-corrected chi connectivity index (χ4v) is 2.53. The molecule has 1 unspecified atom stereocenters. The first-order valence-corrected chi connectivity index (χ1v) is 8.92. The molecule has 0 heterocycles. The summed E-state index contributed by atoms with van der Waals surface area (Å²) in [7, 11) is 1.30. The molecule has 2 N–H and O–H groups in total. The van der Waals surface area contributed by atoms with Gasteiger partial charge in [0, 0.05) is 18.6 Å². The van der Waals surface area contributed by atoms with E-state index in [4.69, 9.17) is 14.6 Å². The van der Waals surface area contributed by atoms with Crippen LogP contribution >= 0.6 is 0 Å². The quantitative estimate of drug-likeness (QED) is 0.359. The molecule has 0 spiro atoms. The van der Waals surface area contributed by atoms with Gasteiger partial charge in [-0.25, -0.2) is 0 Å². The summed E-state index contributed by atoms with van der Waals surface area (Å²) in [5, 5.41) is 11.8. The SMILES string of the molecule is COC(=O)C(CC(=O)c1ccc(Oc2ccccc2)cc1)NCCCCO. The van der Waals surface area contributed by atoms with Crippen molar-refractivity contribution in [3.63, 3.8) is 0 Å². The number of hydrogen-bond donors (Lipinski definition) is 2. The molecule has 0 bridgehead atoms. The predicted molar refractivity (Wildman–Crippen MR) is 102 cm³/mol. The predicted octanol–water partition coefficient (Wildman–Crippen LogP) is 2.96. The van der Waals surface area contributed by atoms with E-state index in [1.165, 1.54) is 7.11 Å². The van der Waals surface area contributed by atoms with Crippen LogP contribution in [0.3, 0.4) is 0 Å². The Kier molecular flexibility index (Phi) is 8.48. The number of rotatable bonds is 11. The third kappa shape index (κ3) is 6.84. The second-order valence-corrected chi connectivity index (χ2v) is 6.03. The first-order valence-electron chi connectivity index (χ1n) is 8.92. The molecule has 2 rings (SSSR count). The Morgan fingerprint density at radius 2 is 1.67 bits per heavy atom. The van der Waals surface area contributed by atoms with Gasteiger partial charge in [0.1, 0.15) is 17.5 Å². The van der Waals surface area contributed by atoms with Gasteiger partial charge in [0.2, 0.25) is 0 Å². The van der Waals surface area contributed by atoms with Crippen molar-refractivity contribution >= 4 is 11.8 Å². The van der Waals surface area contributed by atoms with Crippen LogP contribution in [0.1, 0.15) is 29.6 Å². The monoisotopic (exact) mass is 371 g/mol. The van der Waals surface area contributed by atoms with Gasteiger partial charge in [-0.3, -0.25) is 9.59 Å². The lowest BCUT2D eigenvalue weighted by Gasteiger charge is -2.16. The lowest BCUT2D eigenvalue weighted by Crippen LogP contribution is -2.40. The largest absolute Gasteiger partial charge is 0.468 e. The van der Waals surface area contributed by atoms with E-state index >= 15 is 0 Å². The molecule has 0 saturated heterocycles. The van der Waals surface area contributed by atoms with Gasteiger partial charge in [0.25, 0.3) is 0 Å². The average Bonchev–Trinajstić information content (AvgIpc) is 2.71. The molecule has 0 amide bonds. The van der Waals surface area contributed by atoms with Crippen LogP contribution in [0.4, 0.5) is 0 Å². The Hall–Kier alpha value is -2.70. The van der Waals surface area contributed by atoms with E-state index in [-0.39, 0.29) is 18.8 Å². The highest BCUT2D eigenvalue weighted by Crippen LogP contribution is 2.21. The van der Waals surface area contributed by atoms with Gasteiger partial charge in [-0.05, 0) is 55.8 Å². The second-order valence-electron chi connectivity index (χ2n) is 6.03. The number of aliphatic hydroxyl groups is 1. The van der Waals surface area contributed by atoms with Gasteiger partial charge in [-0.1, -0.05) is 18.2 Å². The molecular formula is C21H25NO5. The number of carbonyl (C=O) groups excluding carboxylic acids is 2. The van der Waals surface area contributed by atoms with E-state index in [1.807, 2.05) is 30.3 Å². The topological polar surface area (TPSA) is 84.9 Å². The van der Waals surface area contributed by atoms with Crippen LogP contribution in [0.25, 0.3) is 0 Å². The molecule has 0 aliphatic carbocycles. The maximum atomic E-state index is 12.5. The minimum Gasteiger partial charge on any atom is -0.468 e. The third-order valence-corrected chi connectivity index (χ3v) is 4.01. The second kappa shape index (κ2) is 11.1. The minimum atomic E-state index is -0.707. The number of nitrogens with one attached hydrogen (secondary N) is 1. The van der Waals surface area contributed by atoms with Crippen LogP contribution in [-0.2, 0) is 9.53 Å². The first kappa shape index (κ1) is 20.6. The molecular weight excluding hydrogens is 346 g/mol. The fourth-order valence-electron chi connectivity index (χ4n) is 2.53. The van der Waals surface area contributed by atoms with Crippen LogP contribution in [0.5, 0.6) is 11.5 Å². The van der Waals surface area contributed by atoms with Crippen molar-refractivity contribution in [2.75, 3.05) is 20.3 Å². The summed E-state index contributed by atoms with van der Waals surface area (Å²) in [6.07, 6.45) is 1.35. The van der Waals surface area contributed by atoms with E-state index in [9.17, 15) is 9.59 Å². The van der Waals surface area contributed by atoms with Crippen molar-refractivity contribution in [1.29, 1.82) is 0 Å². The summed E-state index contributed by atoms with van der Waals surface area (Å²) in [5.74, 6) is 0.710. The van der Waals surface area contributed by atoms with Crippen molar-refractivity contribution < 1.29 is 24.2 Å². The molecule has 2 aromatic rings. The zero-order valence-electron chi connectivity index (χ0n) is 15.4. The summed E-state index contributed by atoms with van der Waals surface area (Å²) in [4.78, 5) is 24.4. The summed E-state index contributed by atoms with van der Waals surface area (Å²) in [6, 6.07) is 15.5. The molecule has 6 nitrogen and oxygen atoms in total. The van der Waals surface area contributed by atoms with Crippen molar-refractivity contribution in [2.24, 2.45) is 0 Å². The molecule has 0 aliphatic heterocycles. The summed E-state index contributed by atoms with van der Waals surface area (Å²) in [6.45, 7) is 0.623. The van der Waals surface area contributed by atoms with Crippen LogP contribution < -0.4 is 10.1 Å². The molecule has 2 aromatic carbocycles. The molecule has 0 saturated carbocycles. The number of ether oxygens (including phenoxy) is 2. The van der Waals surface area contributed by atoms with Crippen molar-refractivity contribution in [3.05, 3.63) is 60.2 Å². The number of hydrogen-bond acceptors (Lipinski definition) is 6. The summed E-state index contributed by atoms with van der Waals surface area (Å²) in [5.41, 5.74) is 0.501. The minimum absolute atomic E-state index is 0.00465. The lowest BCUT2D eigenvalue weighted by molar-refractivity contribution is -0.143. The standard InChI is InChI=1S/C21H25NO5/c1-26-21(25)19(22-13-5-6-14-23)15-20(24)16-9-11-18(12-10-16)27-17-7-3-2-4-8-17/h2-4,7-12,19,22-23H,5-6,13-15H2,1H3. The van der Waals surface area contributed by atoms with Gasteiger partial charge < -0.3 is 19.9 Å². The number of esters is 1. The van der Waals surface area contributed by atoms with E-state index in [1.54, 1.807) is 24.3 Å². The first-order chi connectivity index (χ1) is 13.1. The van der Waals surface area contributed by atoms with E-state index in [0.717, 1.165) is 5.75 Å². The Morgan fingerprint density at radius 1 is 1.00 bits per heavy atom. The van der Waals surface area contributed by atoms with Gasteiger partial charge in [0.15, 0.2) is 5.78 Å². The highest BCUT2D eigenvalue weighted by Gasteiger charge is 2.22. The number of benzene rings is 2. The molecule has 27 heavy (non-hydrogen) atoms. The number of Topliss-reactive ketones (excluding diaryl/α,β-unsaturated/α-hetero) is 1. The summed E-state index contributed by atoms with van der Waals surface area (Å²) < 4.78 is 10.5. The zero-order chi connectivity index (χ0) is 19.5. The zero-order valence-corrected chi connectivity index (χ0v) is 15.4. The third-order valence-electron chi connectivity index (χ3n) is 4.01. The molecule has 0 aliphatic rings. The number of methoxy groups -OCH3 is 1. The Balaban J connectivity index is 1.94. The number of unbranched alkanes of at least 4 members (excludes halogenated alkanes) is 1. The van der Waals surface area contributed by atoms with Crippen molar-refractivity contribution in [3.8, 4) is 11.5 Å². The maximum Gasteiger partial charge on any atom is 0.323 e. The highest BCUT2D eigenvalue weighted by molar-refractivity contribution is 5.99. The van der Waals surface area contributed by atoms with E-state index in [2.05, 4.69) is 5.32 Å². The molecule has 1 atom stereocenters. The number of carbonyl (C=O) groups is 2. The Bertz CT molecular complexity index is 715. The molecule has 0 fully saturated rings. The molecule has 144 valence electrons. The van der Waals surface area contributed by atoms with Crippen LogP contribution in [0.2, 0.25) is 0 Å². The molecule has 0 aromatic heterocycles. The number of para-hydroxylation sites is 1. The Labute approximate surface area is 159 Å². The highest BCUT2D eigenvalue weighted by atomic mass is 16.5. The van der Waals surface area contributed by atoms with Crippen molar-refractivity contribution in [2.45, 2.75) is 25.3 Å². The lowest BCUT2D eigenvalue weighted by atomic mass is 10.0. The normalized spacial score (nSPS) is 11.6. The fraction of sp³-hybridized carbons (Fsp3) is 0.333. The van der Waals surface area contributed by atoms with Gasteiger partial charge in [-0.15, -0.1) is 0 Å². The molecule has 0 radical (unpaired) electrons. The van der Waals surface area contributed by atoms with Gasteiger partial charge in [0.05, 0.1) is 7.11 Å². The number of aliphatic hydroxyl groups excluding tert-OH is 1. The van der Waals surface area contributed by atoms with E-state index in [0.29, 0.717) is 30.7 Å². The van der Waals surface area contributed by atoms with Crippen LogP contribution in [0, 0.1) is 0 Å². The average molecular weight is 371 g/mol. The number of ketones is 1. The summed E-state index contributed by atoms with van der Waals surface area (Å²) >= 11 is 0. The van der Waals surface area contributed by atoms with Crippen molar-refractivity contribution in [1.82, 2.24) is 5.32 Å². The Morgan fingerprint density at radius 3 is 2.30 bits per heavy atom. The van der Waals surface area contributed by atoms with Gasteiger partial charge >= 0.3 is 5.97 Å². The van der Waals surface area contributed by atoms with Crippen LogP contribution in [-0.4, -0.2) is 43.2 Å². The molecule has 6 heteroatoms. The maximum absolute atomic E-state index is 12.5. The van der Waals surface area contributed by atoms with E-state index < -0.39 is 12.0 Å². The van der Waals surface area contributed by atoms with Crippen LogP contribution in [0.15, 0.2) is 54.6 Å².